The number of nitrogens with two attached hydrogens (primary N) is 1. The molecule has 0 spiro atoms. The van der Waals surface area contributed by atoms with Crippen molar-refractivity contribution in [3.63, 3.8) is 0 Å². The van der Waals surface area contributed by atoms with E-state index in [1.54, 1.807) is 24.1 Å². The molecular formula is C27H22F2N4O3. The van der Waals surface area contributed by atoms with Crippen molar-refractivity contribution in [3.05, 3.63) is 77.1 Å². The predicted octanol–water partition coefficient (Wildman–Crippen LogP) is 4.82. The molecule has 3 aliphatic rings. The van der Waals surface area contributed by atoms with Crippen LogP contribution in [0.3, 0.4) is 0 Å². The number of hydrogen-bond acceptors (Lipinski definition) is 5. The molecule has 0 unspecified atom stereocenters. The van der Waals surface area contributed by atoms with Gasteiger partial charge < -0.3 is 24.7 Å². The molecule has 2 bridgehead atoms. The van der Waals surface area contributed by atoms with Gasteiger partial charge in [0.25, 0.3) is 5.91 Å². The number of imidazole rings is 1. The molecule has 3 aromatic carbocycles. The van der Waals surface area contributed by atoms with Crippen molar-refractivity contribution in [1.82, 2.24) is 14.5 Å². The standard InChI is InChI=1S/C27H22F2N4O3/c1-32-21-11-20(24-16(26(32)34)3-2-4-22(24)36-27(28)29)33-19-9-13(6-8-18(19)31-25(21)33)14-5-7-15-17(30)12-35-23(15)10-14/h2-10,17,20-21,27H,11-12,30H2,1H3/t17-,20+,21+/m0/s1. The molecule has 0 aliphatic carbocycles. The molecular weight excluding hydrogens is 466 g/mol. The van der Waals surface area contributed by atoms with E-state index >= 15 is 0 Å². The first kappa shape index (κ1) is 21.3. The van der Waals surface area contributed by atoms with Crippen molar-refractivity contribution in [2.75, 3.05) is 13.7 Å². The molecule has 2 N–H and O–H groups in total. The molecule has 182 valence electrons. The van der Waals surface area contributed by atoms with Gasteiger partial charge in [0.1, 0.15) is 23.9 Å². The van der Waals surface area contributed by atoms with Crippen LogP contribution in [-0.4, -0.2) is 40.6 Å². The maximum absolute atomic E-state index is 13.3. The van der Waals surface area contributed by atoms with Gasteiger partial charge in [-0.05, 0) is 41.5 Å². The number of aromatic nitrogens is 2. The van der Waals surface area contributed by atoms with Crippen LogP contribution in [0, 0.1) is 0 Å². The largest absolute Gasteiger partial charge is 0.491 e. The van der Waals surface area contributed by atoms with E-state index in [2.05, 4.69) is 10.6 Å². The summed E-state index contributed by atoms with van der Waals surface area (Å²) in [6.07, 6.45) is 0.534. The van der Waals surface area contributed by atoms with Gasteiger partial charge in [-0.25, -0.2) is 4.98 Å². The Hall–Kier alpha value is -3.98. The highest BCUT2D eigenvalue weighted by Gasteiger charge is 2.45. The fourth-order valence-electron chi connectivity index (χ4n) is 5.87. The van der Waals surface area contributed by atoms with Crippen LogP contribution in [0.1, 0.15) is 51.9 Å². The van der Waals surface area contributed by atoms with Crippen LogP contribution in [0.5, 0.6) is 11.5 Å². The molecule has 7 nitrogen and oxygen atoms in total. The van der Waals surface area contributed by atoms with Crippen molar-refractivity contribution >= 4 is 16.9 Å². The molecule has 0 radical (unpaired) electrons. The van der Waals surface area contributed by atoms with E-state index < -0.39 is 6.61 Å². The number of benzene rings is 3. The Morgan fingerprint density at radius 1 is 1.11 bits per heavy atom. The van der Waals surface area contributed by atoms with E-state index in [-0.39, 0.29) is 29.8 Å². The zero-order chi connectivity index (χ0) is 24.7. The van der Waals surface area contributed by atoms with Gasteiger partial charge in [-0.2, -0.15) is 8.78 Å². The predicted molar refractivity (Wildman–Crippen MR) is 128 cm³/mol. The number of amides is 1. The molecule has 0 saturated carbocycles. The van der Waals surface area contributed by atoms with E-state index in [9.17, 15) is 13.6 Å². The minimum absolute atomic E-state index is 0.0212. The highest BCUT2D eigenvalue weighted by molar-refractivity contribution is 5.98. The summed E-state index contributed by atoms with van der Waals surface area (Å²) in [5.74, 6) is 1.32. The Morgan fingerprint density at radius 2 is 1.92 bits per heavy atom. The summed E-state index contributed by atoms with van der Waals surface area (Å²) in [4.78, 5) is 19.8. The summed E-state index contributed by atoms with van der Waals surface area (Å²) >= 11 is 0. The molecule has 0 saturated heterocycles. The topological polar surface area (TPSA) is 82.6 Å². The van der Waals surface area contributed by atoms with Crippen molar-refractivity contribution < 1.29 is 23.0 Å². The number of ether oxygens (including phenoxy) is 2. The Bertz CT molecular complexity index is 1570. The number of halogens is 2. The first-order valence-electron chi connectivity index (χ1n) is 11.8. The molecule has 9 heteroatoms. The summed E-state index contributed by atoms with van der Waals surface area (Å²) in [5.41, 5.74) is 11.5. The van der Waals surface area contributed by atoms with Gasteiger partial charge in [0.2, 0.25) is 0 Å². The number of carbonyl (C=O) groups excluding carboxylic acids is 1. The van der Waals surface area contributed by atoms with Crippen LogP contribution >= 0.6 is 0 Å². The van der Waals surface area contributed by atoms with Crippen LogP contribution < -0.4 is 15.2 Å². The Morgan fingerprint density at radius 3 is 2.75 bits per heavy atom. The number of rotatable bonds is 3. The number of alkyl halides is 2. The Labute approximate surface area is 205 Å². The second kappa shape index (κ2) is 7.51. The third kappa shape index (κ3) is 2.92. The molecule has 0 fully saturated rings. The first-order valence-corrected chi connectivity index (χ1v) is 11.8. The van der Waals surface area contributed by atoms with E-state index in [0.717, 1.165) is 39.3 Å². The highest BCUT2D eigenvalue weighted by Crippen LogP contribution is 2.50. The summed E-state index contributed by atoms with van der Waals surface area (Å²) in [6, 6.07) is 16.0. The van der Waals surface area contributed by atoms with E-state index in [1.807, 2.05) is 30.3 Å². The quantitative estimate of drug-likeness (QED) is 0.447. The van der Waals surface area contributed by atoms with Crippen LogP contribution in [0.15, 0.2) is 54.6 Å². The number of hydrogen-bond donors (Lipinski definition) is 1. The number of carbonyl (C=O) groups is 1. The maximum Gasteiger partial charge on any atom is 0.387 e. The average Bonchev–Trinajstić information content (AvgIpc) is 3.52. The number of fused-ring (bicyclic) bond motifs is 10. The summed E-state index contributed by atoms with van der Waals surface area (Å²) in [5, 5.41) is 0. The van der Waals surface area contributed by atoms with Gasteiger partial charge in [0, 0.05) is 30.2 Å². The lowest BCUT2D eigenvalue weighted by molar-refractivity contribution is -0.0507. The van der Waals surface area contributed by atoms with Crippen molar-refractivity contribution in [1.29, 1.82) is 0 Å². The highest BCUT2D eigenvalue weighted by atomic mass is 19.3. The SMILES string of the molecule is CN1C(=O)c2cccc(OC(F)F)c2[C@H]2C[C@@H]1c1nc3ccc(-c4ccc5c(c4)OC[C@@H]5N)cc3n12. The normalized spacial score (nSPS) is 21.9. The zero-order valence-corrected chi connectivity index (χ0v) is 19.3. The molecule has 3 atom stereocenters. The van der Waals surface area contributed by atoms with E-state index in [4.69, 9.17) is 20.2 Å². The molecule has 1 amide bonds. The van der Waals surface area contributed by atoms with Crippen LogP contribution in [-0.2, 0) is 0 Å². The Kier molecular flexibility index (Phi) is 4.45. The Balaban J connectivity index is 1.42. The lowest BCUT2D eigenvalue weighted by Gasteiger charge is -2.24. The van der Waals surface area contributed by atoms with Crippen LogP contribution in [0.2, 0.25) is 0 Å². The molecule has 7 rings (SSSR count). The van der Waals surface area contributed by atoms with Crippen molar-refractivity contribution in [3.8, 4) is 22.6 Å². The third-order valence-corrected chi connectivity index (χ3v) is 7.57. The molecule has 1 aromatic heterocycles. The molecule has 3 aliphatic heterocycles. The van der Waals surface area contributed by atoms with E-state index in [0.29, 0.717) is 24.2 Å². The van der Waals surface area contributed by atoms with Gasteiger partial charge in [-0.3, -0.25) is 4.79 Å². The molecule has 4 heterocycles. The minimum atomic E-state index is -2.99. The summed E-state index contributed by atoms with van der Waals surface area (Å²) in [7, 11) is 1.73. The van der Waals surface area contributed by atoms with Gasteiger partial charge >= 0.3 is 6.61 Å². The molecule has 4 aromatic rings. The average molecular weight is 488 g/mol. The van der Waals surface area contributed by atoms with Gasteiger partial charge in [0.05, 0.1) is 29.2 Å². The second-order valence-corrected chi connectivity index (χ2v) is 9.49. The first-order chi connectivity index (χ1) is 17.4. The second-order valence-electron chi connectivity index (χ2n) is 9.49. The monoisotopic (exact) mass is 488 g/mol. The van der Waals surface area contributed by atoms with Crippen LogP contribution in [0.4, 0.5) is 8.78 Å². The fourth-order valence-corrected chi connectivity index (χ4v) is 5.87. The van der Waals surface area contributed by atoms with Crippen LogP contribution in [0.25, 0.3) is 22.2 Å². The van der Waals surface area contributed by atoms with Gasteiger partial charge in [0.15, 0.2) is 0 Å². The van der Waals surface area contributed by atoms with Crippen molar-refractivity contribution in [2.45, 2.75) is 31.2 Å². The zero-order valence-electron chi connectivity index (χ0n) is 19.3. The summed E-state index contributed by atoms with van der Waals surface area (Å²) < 4.78 is 39.3. The smallest absolute Gasteiger partial charge is 0.387 e. The minimum Gasteiger partial charge on any atom is -0.491 e. The third-order valence-electron chi connectivity index (χ3n) is 7.57. The van der Waals surface area contributed by atoms with E-state index in [1.165, 1.54) is 6.07 Å². The molecule has 36 heavy (non-hydrogen) atoms. The lowest BCUT2D eigenvalue weighted by Crippen LogP contribution is -2.30. The van der Waals surface area contributed by atoms with Crippen molar-refractivity contribution in [2.24, 2.45) is 5.73 Å². The number of nitrogens with zero attached hydrogens (tertiary/aromatic N) is 3. The van der Waals surface area contributed by atoms with Gasteiger partial charge in [-0.1, -0.05) is 24.3 Å². The summed E-state index contributed by atoms with van der Waals surface area (Å²) in [6.45, 7) is -2.53. The van der Waals surface area contributed by atoms with Gasteiger partial charge in [-0.15, -0.1) is 0 Å². The maximum atomic E-state index is 13.3. The lowest BCUT2D eigenvalue weighted by atomic mass is 9.97. The fraction of sp³-hybridized carbons (Fsp3) is 0.259.